The van der Waals surface area contributed by atoms with Gasteiger partial charge in [0.2, 0.25) is 0 Å². The summed E-state index contributed by atoms with van der Waals surface area (Å²) in [6.45, 7) is 4.56. The number of aromatic nitrogens is 1. The van der Waals surface area contributed by atoms with Crippen molar-refractivity contribution in [3.63, 3.8) is 0 Å². The number of nitrogens with zero attached hydrogens (tertiary/aromatic N) is 2. The quantitative estimate of drug-likeness (QED) is 0.325. The Morgan fingerprint density at radius 3 is 2.27 bits per heavy atom. The Labute approximate surface area is 235 Å². The normalized spacial score (nSPS) is 17.9. The minimum Gasteiger partial charge on any atom is -0.444 e. The number of halogens is 3. The largest absolute Gasteiger partial charge is 0.444 e. The molecule has 0 radical (unpaired) electrons. The van der Waals surface area contributed by atoms with E-state index in [0.29, 0.717) is 12.6 Å². The summed E-state index contributed by atoms with van der Waals surface area (Å²) in [6.07, 6.45) is 5.53. The number of likely N-dealkylation sites (tertiary alicyclic amines) is 1. The van der Waals surface area contributed by atoms with Crippen LogP contribution in [0, 0.1) is 5.92 Å². The molecule has 1 saturated heterocycles. The van der Waals surface area contributed by atoms with Crippen LogP contribution < -0.4 is 14.8 Å². The molecule has 3 aromatic rings. The summed E-state index contributed by atoms with van der Waals surface area (Å²) >= 11 is 15.8. The van der Waals surface area contributed by atoms with E-state index in [2.05, 4.69) is 50.2 Å². The van der Waals surface area contributed by atoms with Crippen molar-refractivity contribution in [3.8, 4) is 11.5 Å². The average Bonchev–Trinajstić information content (AvgIpc) is 3.30. The van der Waals surface area contributed by atoms with Crippen LogP contribution in [0.3, 0.4) is 0 Å². The van der Waals surface area contributed by atoms with Gasteiger partial charge in [-0.1, -0.05) is 63.4 Å². The Hall–Kier alpha value is -2.32. The van der Waals surface area contributed by atoms with Crippen LogP contribution in [-0.4, -0.2) is 41.5 Å². The zero-order valence-electron chi connectivity index (χ0n) is 20.4. The third-order valence-electron chi connectivity index (χ3n) is 7.24. The molecule has 194 valence electrons. The van der Waals surface area contributed by atoms with E-state index in [1.165, 1.54) is 12.4 Å². The molecule has 1 fully saturated rings. The Morgan fingerprint density at radius 2 is 1.68 bits per heavy atom. The van der Waals surface area contributed by atoms with Gasteiger partial charge in [0.15, 0.2) is 11.5 Å². The van der Waals surface area contributed by atoms with Crippen molar-refractivity contribution in [1.29, 1.82) is 0 Å². The standard InChI is InChI=1S/C28H28BrCl2N3O3/c1-18(10-13-33-27(35)26-22(30)16-32-17-23(26)31)34-14-11-20(12-15-34)28(19-6-8-21(29)9-7-19)36-24-4-2-3-5-25(24)37-28/h2-9,16-18,20H,10-15H2,1H3,(H,33,35). The molecule has 0 spiro atoms. The molecule has 3 heterocycles. The molecule has 37 heavy (non-hydrogen) atoms. The SMILES string of the molecule is CC(CCNC(=O)c1c(Cl)cncc1Cl)N1CCC(C2(c3ccc(Br)cc3)Oc3ccccc3O2)CC1. The Kier molecular flexibility index (Phi) is 7.96. The summed E-state index contributed by atoms with van der Waals surface area (Å²) in [4.78, 5) is 18.9. The number of pyridine rings is 1. The molecule has 1 N–H and O–H groups in total. The minimum absolute atomic E-state index is 0.195. The lowest BCUT2D eigenvalue weighted by atomic mass is 9.83. The van der Waals surface area contributed by atoms with E-state index in [4.69, 9.17) is 32.7 Å². The Balaban J connectivity index is 1.20. The highest BCUT2D eigenvalue weighted by atomic mass is 79.9. The molecule has 5 rings (SSSR count). The van der Waals surface area contributed by atoms with Gasteiger partial charge >= 0.3 is 0 Å². The molecule has 1 atom stereocenters. The number of fused-ring (bicyclic) bond motifs is 1. The molecule has 2 aromatic carbocycles. The summed E-state index contributed by atoms with van der Waals surface area (Å²) in [5, 5.41) is 3.44. The Morgan fingerprint density at radius 1 is 1.08 bits per heavy atom. The van der Waals surface area contributed by atoms with Crippen LogP contribution in [-0.2, 0) is 5.79 Å². The van der Waals surface area contributed by atoms with E-state index in [-0.39, 0.29) is 27.4 Å². The summed E-state index contributed by atoms with van der Waals surface area (Å²) in [5.74, 6) is 0.643. The first-order chi connectivity index (χ1) is 17.9. The zero-order valence-corrected chi connectivity index (χ0v) is 23.5. The van der Waals surface area contributed by atoms with E-state index in [0.717, 1.165) is 53.9 Å². The fraction of sp³-hybridized carbons (Fsp3) is 0.357. The lowest BCUT2D eigenvalue weighted by molar-refractivity contribution is -0.149. The van der Waals surface area contributed by atoms with Gasteiger partial charge in [-0.05, 0) is 63.5 Å². The summed E-state index contributed by atoms with van der Waals surface area (Å²) in [5.41, 5.74) is 1.29. The number of benzene rings is 2. The van der Waals surface area contributed by atoms with Crippen LogP contribution in [0.25, 0.3) is 0 Å². The van der Waals surface area contributed by atoms with Gasteiger partial charge in [0.05, 0.1) is 15.6 Å². The highest BCUT2D eigenvalue weighted by Crippen LogP contribution is 2.50. The summed E-state index contributed by atoms with van der Waals surface area (Å²) < 4.78 is 14.2. The number of para-hydroxylation sites is 2. The fourth-order valence-electron chi connectivity index (χ4n) is 5.18. The van der Waals surface area contributed by atoms with Crippen LogP contribution >= 0.6 is 39.1 Å². The van der Waals surface area contributed by atoms with Crippen LogP contribution in [0.15, 0.2) is 65.4 Å². The van der Waals surface area contributed by atoms with Gasteiger partial charge in [-0.15, -0.1) is 0 Å². The molecule has 2 aliphatic rings. The van der Waals surface area contributed by atoms with E-state index >= 15 is 0 Å². The minimum atomic E-state index is -0.837. The van der Waals surface area contributed by atoms with Gasteiger partial charge in [-0.2, -0.15) is 0 Å². The van der Waals surface area contributed by atoms with Crippen molar-refractivity contribution >= 4 is 45.0 Å². The number of amides is 1. The van der Waals surface area contributed by atoms with Crippen molar-refractivity contribution in [1.82, 2.24) is 15.2 Å². The molecular weight excluding hydrogens is 577 g/mol. The number of hydrogen-bond donors (Lipinski definition) is 1. The number of rotatable bonds is 7. The molecule has 0 saturated carbocycles. The molecule has 6 nitrogen and oxygen atoms in total. The van der Waals surface area contributed by atoms with E-state index in [1.807, 2.05) is 36.4 Å². The van der Waals surface area contributed by atoms with Crippen molar-refractivity contribution in [2.45, 2.75) is 38.0 Å². The number of ether oxygens (including phenoxy) is 2. The van der Waals surface area contributed by atoms with E-state index < -0.39 is 5.79 Å². The van der Waals surface area contributed by atoms with Gasteiger partial charge in [-0.25, -0.2) is 0 Å². The molecule has 0 aliphatic carbocycles. The van der Waals surface area contributed by atoms with Gasteiger partial charge in [0, 0.05) is 40.9 Å². The highest BCUT2D eigenvalue weighted by Gasteiger charge is 2.51. The monoisotopic (exact) mass is 603 g/mol. The van der Waals surface area contributed by atoms with E-state index in [9.17, 15) is 4.79 Å². The maximum Gasteiger partial charge on any atom is 0.281 e. The van der Waals surface area contributed by atoms with Crippen LogP contribution in [0.2, 0.25) is 10.0 Å². The third kappa shape index (κ3) is 5.46. The van der Waals surface area contributed by atoms with E-state index in [1.54, 1.807) is 0 Å². The van der Waals surface area contributed by atoms with Crippen LogP contribution in [0.5, 0.6) is 11.5 Å². The topological polar surface area (TPSA) is 63.7 Å². The second kappa shape index (κ2) is 11.2. The van der Waals surface area contributed by atoms with Crippen LogP contribution in [0.1, 0.15) is 42.1 Å². The Bertz CT molecular complexity index is 1220. The van der Waals surface area contributed by atoms with Crippen molar-refractivity contribution < 1.29 is 14.3 Å². The first-order valence-corrected chi connectivity index (χ1v) is 14.0. The first kappa shape index (κ1) is 26.3. The molecule has 1 unspecified atom stereocenters. The number of carbonyl (C=O) groups excluding carboxylic acids is 1. The lowest BCUT2D eigenvalue weighted by Gasteiger charge is -2.42. The molecule has 1 amide bonds. The number of carbonyl (C=O) groups is 1. The van der Waals surface area contributed by atoms with Gasteiger partial charge in [0.25, 0.3) is 11.7 Å². The second-order valence-electron chi connectivity index (χ2n) is 9.51. The third-order valence-corrected chi connectivity index (χ3v) is 8.34. The van der Waals surface area contributed by atoms with Gasteiger partial charge in [0.1, 0.15) is 0 Å². The fourth-order valence-corrected chi connectivity index (χ4v) is 5.98. The molecule has 1 aromatic heterocycles. The second-order valence-corrected chi connectivity index (χ2v) is 11.2. The smallest absolute Gasteiger partial charge is 0.281 e. The van der Waals surface area contributed by atoms with Gasteiger partial charge < -0.3 is 19.7 Å². The first-order valence-electron chi connectivity index (χ1n) is 12.4. The molecular formula is C28H28BrCl2N3O3. The molecule has 0 bridgehead atoms. The zero-order chi connectivity index (χ0) is 26.0. The highest BCUT2D eigenvalue weighted by molar-refractivity contribution is 9.10. The number of nitrogens with one attached hydrogen (secondary N) is 1. The maximum atomic E-state index is 12.6. The molecule has 2 aliphatic heterocycles. The lowest BCUT2D eigenvalue weighted by Crippen LogP contribution is -2.50. The maximum absolute atomic E-state index is 12.6. The predicted molar refractivity (Wildman–Crippen MR) is 148 cm³/mol. The number of hydrogen-bond acceptors (Lipinski definition) is 5. The summed E-state index contributed by atoms with van der Waals surface area (Å²) in [7, 11) is 0. The van der Waals surface area contributed by atoms with Gasteiger partial charge in [-0.3, -0.25) is 9.78 Å². The number of piperidine rings is 1. The average molecular weight is 605 g/mol. The summed E-state index contributed by atoms with van der Waals surface area (Å²) in [6, 6.07) is 16.4. The molecule has 9 heteroatoms. The van der Waals surface area contributed by atoms with Crippen LogP contribution in [0.4, 0.5) is 0 Å². The van der Waals surface area contributed by atoms with Crippen molar-refractivity contribution in [2.75, 3.05) is 19.6 Å². The van der Waals surface area contributed by atoms with Crippen molar-refractivity contribution in [3.05, 3.63) is 86.6 Å². The predicted octanol–water partition coefficient (Wildman–Crippen LogP) is 6.70. The van der Waals surface area contributed by atoms with Crippen molar-refractivity contribution in [2.24, 2.45) is 5.92 Å².